The molecule has 1 amide bonds. The lowest BCUT2D eigenvalue weighted by atomic mass is 9.81. The van der Waals surface area contributed by atoms with E-state index in [1.165, 1.54) is 43.4 Å². The Bertz CT molecular complexity index is 1220. The molecular formula is C22H16F4N4O2. The molecule has 1 atom stereocenters. The lowest BCUT2D eigenvalue weighted by molar-refractivity contribution is -0.129. The van der Waals surface area contributed by atoms with Crippen molar-refractivity contribution in [2.24, 2.45) is 10.7 Å². The Morgan fingerprint density at radius 2 is 1.78 bits per heavy atom. The summed E-state index contributed by atoms with van der Waals surface area (Å²) in [7, 11) is 1.44. The van der Waals surface area contributed by atoms with Crippen LogP contribution in [0.1, 0.15) is 11.1 Å². The predicted molar refractivity (Wildman–Crippen MR) is 108 cm³/mol. The van der Waals surface area contributed by atoms with E-state index in [9.17, 15) is 22.4 Å². The van der Waals surface area contributed by atoms with Crippen molar-refractivity contribution in [2.45, 2.75) is 12.2 Å². The van der Waals surface area contributed by atoms with Crippen molar-refractivity contribution in [2.75, 3.05) is 7.05 Å². The highest BCUT2D eigenvalue weighted by atomic mass is 19.3. The zero-order valence-corrected chi connectivity index (χ0v) is 16.6. The highest BCUT2D eigenvalue weighted by Crippen LogP contribution is 2.41. The lowest BCUT2D eigenvalue weighted by Crippen LogP contribution is -2.41. The maximum Gasteiger partial charge on any atom is 0.387 e. The zero-order valence-electron chi connectivity index (χ0n) is 16.6. The summed E-state index contributed by atoms with van der Waals surface area (Å²) in [6.07, 6.45) is 0.758. The standard InChI is InChI=1S/C22H16F4N4O2/c1-30-19(31)22(29-21(30)27,13-5-7-16(8-6-13)32-20(25)26)14-4-2-3-12(9-14)17-10-15(23)11-28-18(17)24/h2-11,20H,1H3,(H2,27,29)/t22-/m0/s1. The van der Waals surface area contributed by atoms with E-state index < -0.39 is 29.8 Å². The normalized spacial score (nSPS) is 18.2. The minimum atomic E-state index is -3.01. The largest absolute Gasteiger partial charge is 0.435 e. The summed E-state index contributed by atoms with van der Waals surface area (Å²) in [5.41, 5.74) is 5.07. The Labute approximate surface area is 180 Å². The van der Waals surface area contributed by atoms with Gasteiger partial charge in [0.2, 0.25) is 5.95 Å². The number of ether oxygens (including phenoxy) is 1. The third-order valence-electron chi connectivity index (χ3n) is 5.13. The summed E-state index contributed by atoms with van der Waals surface area (Å²) in [6, 6.07) is 12.6. The van der Waals surface area contributed by atoms with E-state index in [-0.39, 0.29) is 22.8 Å². The van der Waals surface area contributed by atoms with Gasteiger partial charge in [0.05, 0.1) is 6.20 Å². The summed E-state index contributed by atoms with van der Waals surface area (Å²) in [6.45, 7) is -3.01. The first-order valence-corrected chi connectivity index (χ1v) is 9.33. The lowest BCUT2D eigenvalue weighted by Gasteiger charge is -2.26. The van der Waals surface area contributed by atoms with E-state index in [1.807, 2.05) is 0 Å². The molecule has 0 unspecified atom stereocenters. The van der Waals surface area contributed by atoms with Crippen molar-refractivity contribution in [3.8, 4) is 16.9 Å². The quantitative estimate of drug-likeness (QED) is 0.481. The van der Waals surface area contributed by atoms with Gasteiger partial charge in [0, 0.05) is 12.6 Å². The number of benzene rings is 2. The number of aliphatic imine (C=N–C) groups is 1. The molecule has 0 aliphatic carbocycles. The highest BCUT2D eigenvalue weighted by Gasteiger charge is 2.49. The van der Waals surface area contributed by atoms with Gasteiger partial charge < -0.3 is 10.5 Å². The second kappa shape index (κ2) is 7.95. The topological polar surface area (TPSA) is 80.8 Å². The average Bonchev–Trinajstić information content (AvgIpc) is 3.00. The van der Waals surface area contributed by atoms with E-state index in [0.717, 1.165) is 17.2 Å². The first kappa shape index (κ1) is 21.3. The number of nitrogens with two attached hydrogens (primary N) is 1. The number of guanidine groups is 1. The number of pyridine rings is 1. The molecule has 164 valence electrons. The van der Waals surface area contributed by atoms with E-state index >= 15 is 0 Å². The number of halogens is 4. The van der Waals surface area contributed by atoms with Crippen LogP contribution in [-0.4, -0.2) is 35.4 Å². The van der Waals surface area contributed by atoms with Crippen molar-refractivity contribution in [1.29, 1.82) is 0 Å². The number of hydrogen-bond donors (Lipinski definition) is 1. The van der Waals surface area contributed by atoms with Gasteiger partial charge in [0.15, 0.2) is 11.5 Å². The monoisotopic (exact) mass is 444 g/mol. The van der Waals surface area contributed by atoms with Gasteiger partial charge in [0.1, 0.15) is 11.6 Å². The predicted octanol–water partition coefficient (Wildman–Crippen LogP) is 3.66. The van der Waals surface area contributed by atoms with Gasteiger partial charge >= 0.3 is 6.61 Å². The van der Waals surface area contributed by atoms with Crippen molar-refractivity contribution >= 4 is 11.9 Å². The number of alkyl halides is 2. The maximum absolute atomic E-state index is 14.3. The van der Waals surface area contributed by atoms with Crippen LogP contribution in [0, 0.1) is 11.8 Å². The number of likely N-dealkylation sites (N-methyl/N-ethyl adjacent to an activating group) is 1. The molecule has 0 spiro atoms. The second-order valence-corrected chi connectivity index (χ2v) is 7.02. The van der Waals surface area contributed by atoms with E-state index in [1.54, 1.807) is 12.1 Å². The van der Waals surface area contributed by atoms with Crippen molar-refractivity contribution in [1.82, 2.24) is 9.88 Å². The third-order valence-corrected chi connectivity index (χ3v) is 5.13. The summed E-state index contributed by atoms with van der Waals surface area (Å²) in [5.74, 6) is -2.28. The Hall–Kier alpha value is -3.95. The molecule has 2 heterocycles. The van der Waals surface area contributed by atoms with Gasteiger partial charge in [-0.3, -0.25) is 9.69 Å². The summed E-state index contributed by atoms with van der Waals surface area (Å²) in [5, 5.41) is 0. The van der Waals surface area contributed by atoms with Crippen LogP contribution in [0.25, 0.3) is 11.1 Å². The van der Waals surface area contributed by atoms with E-state index in [2.05, 4.69) is 14.7 Å². The molecule has 1 aliphatic rings. The molecule has 10 heteroatoms. The maximum atomic E-state index is 14.3. The average molecular weight is 444 g/mol. The molecule has 32 heavy (non-hydrogen) atoms. The van der Waals surface area contributed by atoms with Crippen molar-refractivity contribution in [3.63, 3.8) is 0 Å². The molecular weight excluding hydrogens is 428 g/mol. The third kappa shape index (κ3) is 3.53. The fourth-order valence-corrected chi connectivity index (χ4v) is 3.60. The highest BCUT2D eigenvalue weighted by molar-refractivity contribution is 6.09. The molecule has 2 N–H and O–H groups in total. The van der Waals surface area contributed by atoms with Gasteiger partial charge in [-0.2, -0.15) is 13.2 Å². The summed E-state index contributed by atoms with van der Waals surface area (Å²) < 4.78 is 57.3. The van der Waals surface area contributed by atoms with Crippen LogP contribution in [0.3, 0.4) is 0 Å². The van der Waals surface area contributed by atoms with Crippen molar-refractivity contribution in [3.05, 3.63) is 83.7 Å². The SMILES string of the molecule is CN1C(=O)[C@](c2ccc(OC(F)F)cc2)(c2cccc(-c3cc(F)cnc3F)c2)N=C1N. The molecule has 3 aromatic rings. The first-order valence-electron chi connectivity index (χ1n) is 9.33. The second-order valence-electron chi connectivity index (χ2n) is 7.02. The Morgan fingerprint density at radius 1 is 1.06 bits per heavy atom. The fourth-order valence-electron chi connectivity index (χ4n) is 3.60. The van der Waals surface area contributed by atoms with Crippen LogP contribution in [0.15, 0.2) is 65.8 Å². The van der Waals surface area contributed by atoms with Crippen LogP contribution in [0.2, 0.25) is 0 Å². The van der Waals surface area contributed by atoms with Crippen LogP contribution >= 0.6 is 0 Å². The zero-order chi connectivity index (χ0) is 23.0. The molecule has 4 rings (SSSR count). The molecule has 0 bridgehead atoms. The molecule has 6 nitrogen and oxygen atoms in total. The van der Waals surface area contributed by atoms with E-state index in [0.29, 0.717) is 11.1 Å². The van der Waals surface area contributed by atoms with Gasteiger partial charge in [-0.1, -0.05) is 30.3 Å². The molecule has 0 saturated heterocycles. The number of amides is 1. The minimum Gasteiger partial charge on any atom is -0.435 e. The van der Waals surface area contributed by atoms with Gasteiger partial charge in [-0.05, 0) is 41.0 Å². The number of carbonyl (C=O) groups is 1. The van der Waals surface area contributed by atoms with Crippen LogP contribution in [0.4, 0.5) is 17.6 Å². The van der Waals surface area contributed by atoms with E-state index in [4.69, 9.17) is 5.73 Å². The van der Waals surface area contributed by atoms with Gasteiger partial charge in [-0.15, -0.1) is 0 Å². The van der Waals surface area contributed by atoms with Crippen LogP contribution < -0.4 is 10.5 Å². The molecule has 0 fully saturated rings. The van der Waals surface area contributed by atoms with Crippen LogP contribution in [-0.2, 0) is 10.3 Å². The Balaban J connectivity index is 1.88. The number of aromatic nitrogens is 1. The molecule has 1 aromatic heterocycles. The summed E-state index contributed by atoms with van der Waals surface area (Å²) >= 11 is 0. The van der Waals surface area contributed by atoms with Crippen molar-refractivity contribution < 1.29 is 27.1 Å². The fraction of sp³-hybridized carbons (Fsp3) is 0.136. The molecule has 0 saturated carbocycles. The molecule has 0 radical (unpaired) electrons. The molecule has 2 aromatic carbocycles. The van der Waals surface area contributed by atoms with Gasteiger partial charge in [-0.25, -0.2) is 14.4 Å². The smallest absolute Gasteiger partial charge is 0.387 e. The first-order chi connectivity index (χ1) is 15.2. The molecule has 1 aliphatic heterocycles. The Kier molecular flexibility index (Phi) is 5.29. The number of nitrogens with zero attached hydrogens (tertiary/aromatic N) is 3. The number of carbonyl (C=O) groups excluding carboxylic acids is 1. The number of hydrogen-bond acceptors (Lipinski definition) is 5. The minimum absolute atomic E-state index is 0.0630. The summed E-state index contributed by atoms with van der Waals surface area (Å²) in [4.78, 5) is 22.2. The Morgan fingerprint density at radius 3 is 2.41 bits per heavy atom. The number of rotatable bonds is 5. The van der Waals surface area contributed by atoms with Gasteiger partial charge in [0.25, 0.3) is 5.91 Å². The van der Waals surface area contributed by atoms with Crippen LogP contribution in [0.5, 0.6) is 5.75 Å².